The Balaban J connectivity index is 2.41. The molecule has 1 atom stereocenters. The van der Waals surface area contributed by atoms with Crippen LogP contribution in [0.2, 0.25) is 10.0 Å². The van der Waals surface area contributed by atoms with Crippen molar-refractivity contribution in [3.63, 3.8) is 0 Å². The number of anilines is 1. The zero-order chi connectivity index (χ0) is 14.4. The van der Waals surface area contributed by atoms with Crippen LogP contribution in [0.4, 0.5) is 5.69 Å². The van der Waals surface area contributed by atoms with Gasteiger partial charge in [0.05, 0.1) is 10.7 Å². The predicted molar refractivity (Wildman–Crippen MR) is 72.0 cm³/mol. The zero-order valence-electron chi connectivity index (χ0n) is 9.51. The summed E-state index contributed by atoms with van der Waals surface area (Å²) in [5.41, 5.74) is 0.0775. The van der Waals surface area contributed by atoms with Crippen molar-refractivity contribution in [1.29, 1.82) is 0 Å². The van der Waals surface area contributed by atoms with Crippen molar-refractivity contribution in [3.8, 4) is 5.75 Å². The molecule has 1 aromatic rings. The largest absolute Gasteiger partial charge is 0.504 e. The van der Waals surface area contributed by atoms with Crippen LogP contribution >= 0.6 is 23.2 Å². The summed E-state index contributed by atoms with van der Waals surface area (Å²) < 4.78 is 22.5. The van der Waals surface area contributed by atoms with E-state index in [9.17, 15) is 18.3 Å². The molecule has 0 radical (unpaired) electrons. The third-order valence-electron chi connectivity index (χ3n) is 2.85. The molecule has 0 spiro atoms. The van der Waals surface area contributed by atoms with E-state index in [-0.39, 0.29) is 34.4 Å². The van der Waals surface area contributed by atoms with Gasteiger partial charge in [0, 0.05) is 18.0 Å². The average molecular weight is 325 g/mol. The molecule has 19 heavy (non-hydrogen) atoms. The maximum atomic E-state index is 11.8. The highest BCUT2D eigenvalue weighted by Gasteiger charge is 2.38. The number of aromatic hydroxyl groups is 1. The van der Waals surface area contributed by atoms with Gasteiger partial charge in [-0.2, -0.15) is 0 Å². The summed E-state index contributed by atoms with van der Waals surface area (Å²) in [5, 5.41) is 14.0. The predicted octanol–water partition coefficient (Wildman–Crippen LogP) is 1.09. The fourth-order valence-corrected chi connectivity index (χ4v) is 3.10. The monoisotopic (exact) mass is 324 g/mol. The highest BCUT2D eigenvalue weighted by molar-refractivity contribution is 7.89. The van der Waals surface area contributed by atoms with E-state index in [1.165, 1.54) is 12.1 Å². The highest BCUT2D eigenvalue weighted by Crippen LogP contribution is 2.39. The molecule has 1 aromatic carbocycles. The Morgan fingerprint density at radius 1 is 1.37 bits per heavy atom. The number of carbonyl (C=O) groups is 1. The number of phenolic OH excluding ortho intramolecular Hbond substituents is 1. The van der Waals surface area contributed by atoms with E-state index in [0.717, 1.165) is 4.90 Å². The van der Waals surface area contributed by atoms with E-state index < -0.39 is 21.2 Å². The van der Waals surface area contributed by atoms with E-state index >= 15 is 0 Å². The number of carbonyl (C=O) groups excluding carboxylic acids is 1. The lowest BCUT2D eigenvalue weighted by Gasteiger charge is -2.18. The first kappa shape index (κ1) is 14.4. The molecular weight excluding hydrogens is 315 g/mol. The molecule has 0 saturated carbocycles. The van der Waals surface area contributed by atoms with Gasteiger partial charge in [-0.1, -0.05) is 23.2 Å². The minimum absolute atomic E-state index is 0.0191. The molecule has 1 unspecified atom stereocenters. The molecule has 9 heteroatoms. The Morgan fingerprint density at radius 3 is 2.53 bits per heavy atom. The number of sulfonamides is 1. The molecule has 3 N–H and O–H groups in total. The topological polar surface area (TPSA) is 101 Å². The van der Waals surface area contributed by atoms with Crippen molar-refractivity contribution < 1.29 is 18.3 Å². The van der Waals surface area contributed by atoms with E-state index in [2.05, 4.69) is 0 Å². The normalized spacial score (nSPS) is 20.1. The van der Waals surface area contributed by atoms with Crippen molar-refractivity contribution >= 4 is 44.8 Å². The van der Waals surface area contributed by atoms with Crippen LogP contribution in [-0.2, 0) is 14.8 Å². The van der Waals surface area contributed by atoms with Gasteiger partial charge < -0.3 is 10.0 Å². The molecule has 0 aromatic heterocycles. The van der Waals surface area contributed by atoms with E-state index in [0.29, 0.717) is 0 Å². The first-order chi connectivity index (χ1) is 8.70. The number of rotatable bonds is 2. The van der Waals surface area contributed by atoms with Gasteiger partial charge in [0.1, 0.15) is 5.25 Å². The van der Waals surface area contributed by atoms with Crippen LogP contribution in [0.1, 0.15) is 6.42 Å². The van der Waals surface area contributed by atoms with Crippen LogP contribution in [0.15, 0.2) is 12.1 Å². The van der Waals surface area contributed by atoms with Gasteiger partial charge in [-0.25, -0.2) is 13.6 Å². The van der Waals surface area contributed by atoms with Crippen LogP contribution in [0, 0.1) is 0 Å². The van der Waals surface area contributed by atoms with E-state index in [1.807, 2.05) is 0 Å². The molecule has 0 bridgehead atoms. The molecule has 6 nitrogen and oxygen atoms in total. The maximum absolute atomic E-state index is 11.8. The van der Waals surface area contributed by atoms with E-state index in [1.54, 1.807) is 0 Å². The number of halogens is 2. The first-order valence-corrected chi connectivity index (χ1v) is 7.56. The van der Waals surface area contributed by atoms with Crippen molar-refractivity contribution in [3.05, 3.63) is 22.2 Å². The second-order valence-corrected chi connectivity index (χ2v) is 6.86. The van der Waals surface area contributed by atoms with Crippen molar-refractivity contribution in [2.75, 3.05) is 11.4 Å². The van der Waals surface area contributed by atoms with E-state index in [4.69, 9.17) is 28.3 Å². The molecule has 1 amide bonds. The van der Waals surface area contributed by atoms with Crippen LogP contribution in [-0.4, -0.2) is 31.2 Å². The fraction of sp³-hybridized carbons (Fsp3) is 0.300. The molecule has 1 heterocycles. The molecule has 1 aliphatic rings. The average Bonchev–Trinajstić information content (AvgIpc) is 2.65. The SMILES string of the molecule is NS(=O)(=O)C1CC(=O)N(c2cc(Cl)cc(Cl)c2O)C1. The summed E-state index contributed by atoms with van der Waals surface area (Å²) in [4.78, 5) is 12.9. The highest BCUT2D eigenvalue weighted by atomic mass is 35.5. The smallest absolute Gasteiger partial charge is 0.228 e. The lowest BCUT2D eigenvalue weighted by atomic mass is 10.2. The Labute approximate surface area is 119 Å². The second-order valence-electron chi connectivity index (χ2n) is 4.17. The number of hydrogen-bond donors (Lipinski definition) is 2. The number of hydrogen-bond acceptors (Lipinski definition) is 4. The van der Waals surface area contributed by atoms with Crippen molar-refractivity contribution in [2.24, 2.45) is 5.14 Å². The Kier molecular flexibility index (Phi) is 3.65. The van der Waals surface area contributed by atoms with Gasteiger partial charge in [-0.3, -0.25) is 4.79 Å². The van der Waals surface area contributed by atoms with Crippen molar-refractivity contribution in [2.45, 2.75) is 11.7 Å². The number of phenols is 1. The molecule has 1 aliphatic heterocycles. The Morgan fingerprint density at radius 2 is 2.00 bits per heavy atom. The maximum Gasteiger partial charge on any atom is 0.228 e. The fourth-order valence-electron chi connectivity index (χ4n) is 1.89. The quantitative estimate of drug-likeness (QED) is 0.850. The van der Waals surface area contributed by atoms with Gasteiger partial charge in [0.15, 0.2) is 5.75 Å². The summed E-state index contributed by atoms with van der Waals surface area (Å²) in [6.07, 6.45) is -0.234. The molecule has 104 valence electrons. The van der Waals surface area contributed by atoms with Crippen LogP contribution < -0.4 is 10.0 Å². The lowest BCUT2D eigenvalue weighted by Crippen LogP contribution is -2.32. The van der Waals surface area contributed by atoms with Gasteiger partial charge in [0.2, 0.25) is 15.9 Å². The molecule has 2 rings (SSSR count). The van der Waals surface area contributed by atoms with Gasteiger partial charge in [-0.15, -0.1) is 0 Å². The molecule has 1 fully saturated rings. The first-order valence-electron chi connectivity index (χ1n) is 5.20. The molecule has 0 aliphatic carbocycles. The second kappa shape index (κ2) is 4.82. The Bertz CT molecular complexity index is 647. The zero-order valence-corrected chi connectivity index (χ0v) is 11.8. The summed E-state index contributed by atoms with van der Waals surface area (Å²) in [6.45, 7) is -0.137. The molecular formula is C10H10Cl2N2O4S. The number of primary sulfonamides is 1. The number of nitrogens with two attached hydrogens (primary N) is 1. The number of amides is 1. The van der Waals surface area contributed by atoms with Crippen LogP contribution in [0.3, 0.4) is 0 Å². The Hall–Kier alpha value is -1.02. The van der Waals surface area contributed by atoms with Gasteiger partial charge in [-0.05, 0) is 12.1 Å². The number of benzene rings is 1. The third kappa shape index (κ3) is 2.79. The van der Waals surface area contributed by atoms with Crippen molar-refractivity contribution in [1.82, 2.24) is 0 Å². The summed E-state index contributed by atoms with van der Waals surface area (Å²) in [5.74, 6) is -0.790. The minimum Gasteiger partial charge on any atom is -0.504 e. The van der Waals surface area contributed by atoms with Gasteiger partial charge >= 0.3 is 0 Å². The van der Waals surface area contributed by atoms with Crippen LogP contribution in [0.5, 0.6) is 5.75 Å². The minimum atomic E-state index is -3.82. The van der Waals surface area contributed by atoms with Gasteiger partial charge in [0.25, 0.3) is 0 Å². The standard InChI is InChI=1S/C10H10Cl2N2O4S/c11-5-1-7(12)10(16)8(2-5)14-4-6(3-9(14)15)19(13,17)18/h1-2,6,16H,3-4H2,(H2,13,17,18). The summed E-state index contributed by atoms with van der Waals surface area (Å²) >= 11 is 11.6. The summed E-state index contributed by atoms with van der Waals surface area (Å²) in [6, 6.07) is 2.66. The van der Waals surface area contributed by atoms with Crippen LogP contribution in [0.25, 0.3) is 0 Å². The molecule has 1 saturated heterocycles. The number of nitrogens with zero attached hydrogens (tertiary/aromatic N) is 1. The third-order valence-corrected chi connectivity index (χ3v) is 4.60. The summed E-state index contributed by atoms with van der Waals surface area (Å²) in [7, 11) is -3.82. The lowest BCUT2D eigenvalue weighted by molar-refractivity contribution is -0.117.